The summed E-state index contributed by atoms with van der Waals surface area (Å²) in [7, 11) is -3.73. The van der Waals surface area contributed by atoms with Crippen molar-refractivity contribution in [2.45, 2.75) is 23.8 Å². The molecule has 4 nitrogen and oxygen atoms in total. The monoisotopic (exact) mass is 382 g/mol. The van der Waals surface area contributed by atoms with Crippen LogP contribution in [0.1, 0.15) is 12.8 Å². The van der Waals surface area contributed by atoms with E-state index in [1.165, 1.54) is 12.1 Å². The molecule has 2 rings (SSSR count). The quantitative estimate of drug-likeness (QED) is 0.766. The molecule has 19 heavy (non-hydrogen) atoms. The Balaban J connectivity index is 2.29. The molecule has 0 aromatic heterocycles. The molecular formula is C11H12BrClN2O2S2. The second-order valence-corrected chi connectivity index (χ2v) is 7.89. The van der Waals surface area contributed by atoms with Gasteiger partial charge in [0.1, 0.15) is 4.90 Å². The van der Waals surface area contributed by atoms with Gasteiger partial charge in [0.15, 0.2) is 0 Å². The molecule has 3 N–H and O–H groups in total. The summed E-state index contributed by atoms with van der Waals surface area (Å²) in [4.78, 5) is 0.193. The minimum Gasteiger partial charge on any atom is -0.392 e. The number of halogens is 2. The highest BCUT2D eigenvalue weighted by Gasteiger charge is 2.36. The van der Waals surface area contributed by atoms with Gasteiger partial charge in [-0.2, -0.15) is 0 Å². The van der Waals surface area contributed by atoms with Gasteiger partial charge in [-0.05, 0) is 37.0 Å². The molecule has 0 spiro atoms. The van der Waals surface area contributed by atoms with E-state index in [-0.39, 0.29) is 20.8 Å². The van der Waals surface area contributed by atoms with Crippen LogP contribution in [0, 0.1) is 5.92 Å². The van der Waals surface area contributed by atoms with Crippen LogP contribution < -0.4 is 10.5 Å². The van der Waals surface area contributed by atoms with Crippen LogP contribution >= 0.6 is 39.7 Å². The van der Waals surface area contributed by atoms with Crippen LogP contribution in [0.2, 0.25) is 5.02 Å². The SMILES string of the molecule is NC(=S)C(NS(=O)(=O)c1ccc(Br)cc1Cl)C1CC1. The predicted octanol–water partition coefficient (Wildman–Crippen LogP) is 2.45. The van der Waals surface area contributed by atoms with Crippen molar-refractivity contribution in [2.24, 2.45) is 11.7 Å². The molecule has 0 amide bonds. The fourth-order valence-electron chi connectivity index (χ4n) is 1.74. The molecule has 0 aliphatic heterocycles. The summed E-state index contributed by atoms with van der Waals surface area (Å²) >= 11 is 14.1. The van der Waals surface area contributed by atoms with Crippen molar-refractivity contribution in [1.82, 2.24) is 4.72 Å². The van der Waals surface area contributed by atoms with E-state index in [4.69, 9.17) is 29.6 Å². The molecule has 0 radical (unpaired) electrons. The number of hydrogen-bond donors (Lipinski definition) is 2. The highest BCUT2D eigenvalue weighted by Crippen LogP contribution is 2.34. The lowest BCUT2D eigenvalue weighted by molar-refractivity contribution is 0.565. The van der Waals surface area contributed by atoms with Crippen molar-refractivity contribution >= 4 is 54.8 Å². The third kappa shape index (κ3) is 3.66. The van der Waals surface area contributed by atoms with Crippen LogP contribution in [0.25, 0.3) is 0 Å². The number of nitrogens with two attached hydrogens (primary N) is 1. The second-order valence-electron chi connectivity index (χ2n) is 4.41. The molecule has 0 saturated heterocycles. The Kier molecular flexibility index (Phi) is 4.52. The average molecular weight is 384 g/mol. The van der Waals surface area contributed by atoms with Crippen molar-refractivity contribution in [1.29, 1.82) is 0 Å². The van der Waals surface area contributed by atoms with Crippen LogP contribution in [0.4, 0.5) is 0 Å². The van der Waals surface area contributed by atoms with Crippen LogP contribution in [-0.4, -0.2) is 19.4 Å². The summed E-state index contributed by atoms with van der Waals surface area (Å²) < 4.78 is 27.8. The minimum atomic E-state index is -3.73. The van der Waals surface area contributed by atoms with Gasteiger partial charge in [-0.3, -0.25) is 0 Å². The Labute approximate surface area is 130 Å². The first kappa shape index (κ1) is 15.2. The maximum Gasteiger partial charge on any atom is 0.242 e. The zero-order valence-electron chi connectivity index (χ0n) is 9.77. The molecule has 1 fully saturated rings. The number of rotatable bonds is 5. The second kappa shape index (κ2) is 5.65. The zero-order valence-corrected chi connectivity index (χ0v) is 13.7. The largest absolute Gasteiger partial charge is 0.392 e. The molecule has 1 saturated carbocycles. The van der Waals surface area contributed by atoms with Crippen LogP contribution in [-0.2, 0) is 10.0 Å². The molecule has 1 aliphatic rings. The Hall–Kier alpha value is -0.210. The smallest absolute Gasteiger partial charge is 0.242 e. The number of nitrogens with one attached hydrogen (secondary N) is 1. The van der Waals surface area contributed by atoms with E-state index < -0.39 is 16.1 Å². The summed E-state index contributed by atoms with van der Waals surface area (Å²) in [6, 6.07) is 4.09. The molecule has 1 aromatic rings. The number of benzene rings is 1. The van der Waals surface area contributed by atoms with Crippen molar-refractivity contribution in [2.75, 3.05) is 0 Å². The fraction of sp³-hybridized carbons (Fsp3) is 0.364. The molecule has 1 atom stereocenters. The van der Waals surface area contributed by atoms with Gasteiger partial charge in [-0.15, -0.1) is 0 Å². The molecule has 104 valence electrons. The van der Waals surface area contributed by atoms with Crippen LogP contribution in [0.3, 0.4) is 0 Å². The molecular weight excluding hydrogens is 372 g/mol. The van der Waals surface area contributed by atoms with Gasteiger partial charge in [0.2, 0.25) is 10.0 Å². The molecule has 8 heteroatoms. The Morgan fingerprint density at radius 1 is 1.53 bits per heavy atom. The van der Waals surface area contributed by atoms with E-state index in [2.05, 4.69) is 20.7 Å². The number of sulfonamides is 1. The van der Waals surface area contributed by atoms with Crippen LogP contribution in [0.15, 0.2) is 27.6 Å². The highest BCUT2D eigenvalue weighted by atomic mass is 79.9. The lowest BCUT2D eigenvalue weighted by atomic mass is 10.2. The topological polar surface area (TPSA) is 72.2 Å². The van der Waals surface area contributed by atoms with Crippen molar-refractivity contribution in [3.63, 3.8) is 0 Å². The molecule has 0 bridgehead atoms. The standard InChI is InChI=1S/C11H12BrClN2O2S2/c12-7-3-4-9(8(13)5-7)19(16,17)15-10(11(14)18)6-1-2-6/h3-6,10,15H,1-2H2,(H2,14,18). The van der Waals surface area contributed by atoms with Crippen molar-refractivity contribution in [3.8, 4) is 0 Å². The highest BCUT2D eigenvalue weighted by molar-refractivity contribution is 9.10. The summed E-state index contributed by atoms with van der Waals surface area (Å²) in [5, 5.41) is 0.152. The van der Waals surface area contributed by atoms with Gasteiger partial charge in [0.25, 0.3) is 0 Å². The van der Waals surface area contributed by atoms with Crippen LogP contribution in [0.5, 0.6) is 0 Å². The summed E-state index contributed by atoms with van der Waals surface area (Å²) in [5.74, 6) is 0.196. The fourth-order valence-corrected chi connectivity index (χ4v) is 4.39. The van der Waals surface area contributed by atoms with E-state index in [0.717, 1.165) is 12.8 Å². The normalized spacial score (nSPS) is 17.2. The molecule has 1 unspecified atom stereocenters. The van der Waals surface area contributed by atoms with E-state index in [9.17, 15) is 8.42 Å². The number of thiocarbonyl (C=S) groups is 1. The Morgan fingerprint density at radius 3 is 2.63 bits per heavy atom. The first-order valence-electron chi connectivity index (χ1n) is 5.58. The third-order valence-corrected chi connectivity index (χ3v) is 5.54. The first-order valence-corrected chi connectivity index (χ1v) is 8.64. The van der Waals surface area contributed by atoms with Gasteiger partial charge >= 0.3 is 0 Å². The molecule has 1 aromatic carbocycles. The summed E-state index contributed by atoms with van der Waals surface area (Å²) in [6.45, 7) is 0. The zero-order chi connectivity index (χ0) is 14.2. The van der Waals surface area contributed by atoms with Gasteiger partial charge in [-0.1, -0.05) is 39.7 Å². The van der Waals surface area contributed by atoms with Crippen molar-refractivity contribution in [3.05, 3.63) is 27.7 Å². The molecule has 0 heterocycles. The number of hydrogen-bond acceptors (Lipinski definition) is 3. The average Bonchev–Trinajstić information content (AvgIpc) is 3.08. The lowest BCUT2D eigenvalue weighted by Gasteiger charge is -2.17. The third-order valence-electron chi connectivity index (χ3n) is 2.87. The van der Waals surface area contributed by atoms with E-state index in [0.29, 0.717) is 4.47 Å². The maximum absolute atomic E-state index is 12.3. The Morgan fingerprint density at radius 2 is 2.16 bits per heavy atom. The first-order chi connectivity index (χ1) is 8.81. The molecule has 1 aliphatic carbocycles. The van der Waals surface area contributed by atoms with E-state index in [1.54, 1.807) is 6.07 Å². The van der Waals surface area contributed by atoms with Gasteiger partial charge in [-0.25, -0.2) is 13.1 Å². The lowest BCUT2D eigenvalue weighted by Crippen LogP contribution is -2.44. The van der Waals surface area contributed by atoms with Gasteiger partial charge in [0, 0.05) is 4.47 Å². The predicted molar refractivity (Wildman–Crippen MR) is 82.8 cm³/mol. The van der Waals surface area contributed by atoms with Gasteiger partial charge < -0.3 is 5.73 Å². The van der Waals surface area contributed by atoms with E-state index in [1.807, 2.05) is 0 Å². The van der Waals surface area contributed by atoms with Gasteiger partial charge in [0.05, 0.1) is 16.1 Å². The van der Waals surface area contributed by atoms with Crippen molar-refractivity contribution < 1.29 is 8.42 Å². The Bertz CT molecular complexity index is 617. The summed E-state index contributed by atoms with van der Waals surface area (Å²) in [6.07, 6.45) is 1.86. The maximum atomic E-state index is 12.3. The summed E-state index contributed by atoms with van der Waals surface area (Å²) in [5.41, 5.74) is 5.59. The minimum absolute atomic E-state index is 0.0271. The van der Waals surface area contributed by atoms with E-state index >= 15 is 0 Å².